The first-order valence-electron chi connectivity index (χ1n) is 13.4. The number of fused-ring (bicyclic) bond motifs is 4. The van der Waals surface area contributed by atoms with Crippen LogP contribution >= 0.6 is 0 Å². The topological polar surface area (TPSA) is 54.4 Å². The van der Waals surface area contributed by atoms with Crippen LogP contribution in [-0.2, 0) is 9.59 Å². The fraction of sp³-hybridized carbons (Fsp3) is 0.800. The van der Waals surface area contributed by atoms with Gasteiger partial charge in [-0.1, -0.05) is 57.4 Å². The van der Waals surface area contributed by atoms with Crippen LogP contribution in [0.15, 0.2) is 22.8 Å². The lowest BCUT2D eigenvalue weighted by atomic mass is 9.43. The molecule has 3 nitrogen and oxygen atoms in total. The van der Waals surface area contributed by atoms with Crippen LogP contribution in [0.25, 0.3) is 0 Å². The van der Waals surface area contributed by atoms with Crippen molar-refractivity contribution in [3.63, 3.8) is 0 Å². The van der Waals surface area contributed by atoms with Gasteiger partial charge in [0.2, 0.25) is 0 Å². The van der Waals surface area contributed by atoms with E-state index in [0.29, 0.717) is 18.1 Å². The molecule has 3 heteroatoms. The van der Waals surface area contributed by atoms with E-state index in [1.165, 1.54) is 5.57 Å². The van der Waals surface area contributed by atoms with E-state index < -0.39 is 5.97 Å². The highest BCUT2D eigenvalue weighted by atomic mass is 16.4. The third kappa shape index (κ3) is 3.50. The third-order valence-electron chi connectivity index (χ3n) is 11.4. The van der Waals surface area contributed by atoms with Crippen molar-refractivity contribution in [3.8, 4) is 0 Å². The summed E-state index contributed by atoms with van der Waals surface area (Å²) in [5.41, 5.74) is 4.63. The van der Waals surface area contributed by atoms with Crippen molar-refractivity contribution in [1.82, 2.24) is 0 Å². The lowest BCUT2D eigenvalue weighted by Crippen LogP contribution is -2.54. The second-order valence-electron chi connectivity index (χ2n) is 13.3. The minimum atomic E-state index is -0.601. The molecule has 0 aromatic carbocycles. The first kappa shape index (κ1) is 24.7. The van der Waals surface area contributed by atoms with Crippen molar-refractivity contribution in [3.05, 3.63) is 22.8 Å². The van der Waals surface area contributed by atoms with E-state index in [2.05, 4.69) is 54.5 Å². The van der Waals surface area contributed by atoms with Crippen LogP contribution in [0.5, 0.6) is 0 Å². The lowest BCUT2D eigenvalue weighted by Gasteiger charge is -2.60. The summed E-state index contributed by atoms with van der Waals surface area (Å²) in [7, 11) is 0. The van der Waals surface area contributed by atoms with Gasteiger partial charge in [0.15, 0.2) is 0 Å². The Hall–Kier alpha value is -1.38. The van der Waals surface area contributed by atoms with Gasteiger partial charge < -0.3 is 5.11 Å². The summed E-state index contributed by atoms with van der Waals surface area (Å²) in [6.07, 6.45) is 12.0. The molecule has 4 aliphatic carbocycles. The van der Waals surface area contributed by atoms with Crippen LogP contribution in [-0.4, -0.2) is 16.9 Å². The minimum Gasteiger partial charge on any atom is -0.481 e. The summed E-state index contributed by atoms with van der Waals surface area (Å²) >= 11 is 0. The average molecular weight is 455 g/mol. The van der Waals surface area contributed by atoms with E-state index in [1.54, 1.807) is 11.1 Å². The molecule has 0 aromatic rings. The zero-order valence-corrected chi connectivity index (χ0v) is 22.1. The normalized spacial score (nSPS) is 40.5. The van der Waals surface area contributed by atoms with E-state index in [0.717, 1.165) is 57.8 Å². The Morgan fingerprint density at radius 2 is 1.70 bits per heavy atom. The number of allylic oxidation sites excluding steroid dienone is 4. The molecule has 0 saturated heterocycles. The predicted octanol–water partition coefficient (Wildman–Crippen LogP) is 7.75. The number of hydrogen-bond acceptors (Lipinski definition) is 2. The third-order valence-corrected chi connectivity index (χ3v) is 11.4. The van der Waals surface area contributed by atoms with Gasteiger partial charge in [-0.25, -0.2) is 0 Å². The number of carboxylic acids is 1. The van der Waals surface area contributed by atoms with E-state index in [-0.39, 0.29) is 33.5 Å². The molecule has 0 radical (unpaired) electrons. The van der Waals surface area contributed by atoms with Crippen molar-refractivity contribution in [2.24, 2.45) is 39.4 Å². The SMILES string of the molecule is CC(C)=CCC[C@H](C(=O)O)[C@H]1CC[C@@]2(C)C3=C(CC[C@]12C)[C@@]1(C)CCC(=O)C(C)(C)[C@@H]1CC3. The first-order chi connectivity index (χ1) is 15.3. The Balaban J connectivity index is 1.70. The number of carboxylic acid groups (broad SMARTS) is 1. The van der Waals surface area contributed by atoms with Gasteiger partial charge in [0.1, 0.15) is 5.78 Å². The molecule has 0 spiro atoms. The molecule has 2 saturated carbocycles. The Morgan fingerprint density at radius 3 is 2.33 bits per heavy atom. The average Bonchev–Trinajstić information content (AvgIpc) is 3.00. The van der Waals surface area contributed by atoms with E-state index in [9.17, 15) is 14.7 Å². The standard InChI is InChI=1S/C30H46O3/c1-19(2)9-8-10-20(26(32)33)21-13-17-30(7)23-11-12-24-27(3,4)25(31)15-16-28(24,5)22(23)14-18-29(21,30)6/h9,20-21,24H,8,10-18H2,1-7H3,(H,32,33)/t20-,21+,24-,28+,29+,30-/m0/s1. The Bertz CT molecular complexity index is 904. The Kier molecular flexibility index (Phi) is 6.07. The molecule has 0 bridgehead atoms. The second kappa shape index (κ2) is 8.09. The highest BCUT2D eigenvalue weighted by Crippen LogP contribution is 2.72. The largest absolute Gasteiger partial charge is 0.481 e. The number of Topliss-reactive ketones (excluding diaryl/α,β-unsaturated/α-hetero) is 1. The fourth-order valence-electron chi connectivity index (χ4n) is 9.22. The molecular formula is C30H46O3. The number of rotatable bonds is 5. The van der Waals surface area contributed by atoms with Crippen molar-refractivity contribution >= 4 is 11.8 Å². The van der Waals surface area contributed by atoms with Gasteiger partial charge in [-0.2, -0.15) is 0 Å². The summed E-state index contributed by atoms with van der Waals surface area (Å²) in [4.78, 5) is 25.2. The first-order valence-corrected chi connectivity index (χ1v) is 13.4. The smallest absolute Gasteiger partial charge is 0.306 e. The predicted molar refractivity (Wildman–Crippen MR) is 134 cm³/mol. The lowest BCUT2D eigenvalue weighted by molar-refractivity contribution is -0.146. The Labute approximate surface area is 201 Å². The number of ketones is 1. The van der Waals surface area contributed by atoms with Gasteiger partial charge in [-0.15, -0.1) is 0 Å². The summed E-state index contributed by atoms with van der Waals surface area (Å²) < 4.78 is 0. The number of aliphatic carboxylic acids is 1. The van der Waals surface area contributed by atoms with E-state index >= 15 is 0 Å². The molecule has 0 unspecified atom stereocenters. The van der Waals surface area contributed by atoms with E-state index in [1.807, 2.05) is 0 Å². The van der Waals surface area contributed by atoms with Crippen molar-refractivity contribution in [1.29, 1.82) is 0 Å². The maximum absolute atomic E-state index is 12.8. The zero-order valence-electron chi connectivity index (χ0n) is 22.1. The maximum atomic E-state index is 12.8. The van der Waals surface area contributed by atoms with Gasteiger partial charge in [0.25, 0.3) is 0 Å². The van der Waals surface area contributed by atoms with Crippen LogP contribution in [0.4, 0.5) is 0 Å². The molecule has 0 heterocycles. The van der Waals surface area contributed by atoms with Crippen molar-refractivity contribution < 1.29 is 14.7 Å². The number of carbonyl (C=O) groups excluding carboxylic acids is 1. The quantitative estimate of drug-likeness (QED) is 0.432. The highest BCUT2D eigenvalue weighted by Gasteiger charge is 2.64. The molecule has 0 aromatic heterocycles. The van der Waals surface area contributed by atoms with Crippen LogP contribution in [0, 0.1) is 39.4 Å². The molecule has 0 aliphatic heterocycles. The monoisotopic (exact) mass is 454 g/mol. The van der Waals surface area contributed by atoms with E-state index in [4.69, 9.17) is 0 Å². The fourth-order valence-corrected chi connectivity index (χ4v) is 9.22. The van der Waals surface area contributed by atoms with Gasteiger partial charge in [0, 0.05) is 11.8 Å². The summed E-state index contributed by atoms with van der Waals surface area (Å²) in [6.45, 7) is 15.9. The van der Waals surface area contributed by atoms with Gasteiger partial charge >= 0.3 is 5.97 Å². The molecule has 184 valence electrons. The van der Waals surface area contributed by atoms with Crippen LogP contribution < -0.4 is 0 Å². The van der Waals surface area contributed by atoms with Crippen LogP contribution in [0.3, 0.4) is 0 Å². The molecule has 1 N–H and O–H groups in total. The summed E-state index contributed by atoms with van der Waals surface area (Å²) in [6, 6.07) is 0. The zero-order chi connectivity index (χ0) is 24.4. The van der Waals surface area contributed by atoms with Crippen LogP contribution in [0.1, 0.15) is 113 Å². The molecular weight excluding hydrogens is 408 g/mol. The van der Waals surface area contributed by atoms with Crippen LogP contribution in [0.2, 0.25) is 0 Å². The van der Waals surface area contributed by atoms with Gasteiger partial charge in [-0.05, 0) is 99.7 Å². The number of carbonyl (C=O) groups is 2. The summed E-state index contributed by atoms with van der Waals surface area (Å²) in [5.74, 6) is 0.270. The molecule has 4 rings (SSSR count). The molecule has 6 atom stereocenters. The highest BCUT2D eigenvalue weighted by molar-refractivity contribution is 5.85. The van der Waals surface area contributed by atoms with Crippen molar-refractivity contribution in [2.75, 3.05) is 0 Å². The Morgan fingerprint density at radius 1 is 1.00 bits per heavy atom. The number of hydrogen-bond donors (Lipinski definition) is 1. The summed E-state index contributed by atoms with van der Waals surface area (Å²) in [5, 5.41) is 10.2. The van der Waals surface area contributed by atoms with Crippen molar-refractivity contribution in [2.45, 2.75) is 113 Å². The second-order valence-corrected chi connectivity index (χ2v) is 13.3. The molecule has 33 heavy (non-hydrogen) atoms. The molecule has 0 amide bonds. The van der Waals surface area contributed by atoms with Gasteiger partial charge in [-0.3, -0.25) is 9.59 Å². The molecule has 4 aliphatic rings. The van der Waals surface area contributed by atoms with Gasteiger partial charge in [0.05, 0.1) is 5.92 Å². The molecule has 2 fully saturated rings. The maximum Gasteiger partial charge on any atom is 0.306 e. The minimum absolute atomic E-state index is 0.0447.